The van der Waals surface area contributed by atoms with E-state index in [1.165, 1.54) is 0 Å². The van der Waals surface area contributed by atoms with Crippen LogP contribution in [0.25, 0.3) is 0 Å². The van der Waals surface area contributed by atoms with Crippen molar-refractivity contribution in [2.45, 2.75) is 26.7 Å². The molecule has 1 saturated heterocycles. The summed E-state index contributed by atoms with van der Waals surface area (Å²) in [5.41, 5.74) is 2.53. The minimum Gasteiger partial charge on any atom is -0.355 e. The average molecular weight is 328 g/mol. The van der Waals surface area contributed by atoms with Crippen molar-refractivity contribution in [2.75, 3.05) is 24.5 Å². The number of aromatic nitrogens is 4. The number of anilines is 1. The van der Waals surface area contributed by atoms with E-state index in [2.05, 4.69) is 25.3 Å². The van der Waals surface area contributed by atoms with Crippen molar-refractivity contribution >= 4 is 11.7 Å². The molecule has 0 bridgehead atoms. The quantitative estimate of drug-likeness (QED) is 0.920. The fourth-order valence-corrected chi connectivity index (χ4v) is 3.05. The van der Waals surface area contributed by atoms with Gasteiger partial charge in [0.1, 0.15) is 5.82 Å². The molecule has 1 aliphatic rings. The Bertz CT molecular complexity index is 718. The molecule has 0 saturated carbocycles. The smallest absolute Gasteiger partial charge is 0.254 e. The van der Waals surface area contributed by atoms with Gasteiger partial charge in [0.2, 0.25) is 0 Å². The van der Waals surface area contributed by atoms with Crippen LogP contribution in [-0.2, 0) is 7.05 Å². The molecule has 2 aromatic heterocycles. The van der Waals surface area contributed by atoms with Gasteiger partial charge >= 0.3 is 0 Å². The topological polar surface area (TPSA) is 75.9 Å². The largest absolute Gasteiger partial charge is 0.355 e. The van der Waals surface area contributed by atoms with Crippen molar-refractivity contribution in [1.29, 1.82) is 0 Å². The minimum atomic E-state index is -0.0501. The van der Waals surface area contributed by atoms with Crippen LogP contribution < -0.4 is 10.2 Å². The van der Waals surface area contributed by atoms with Crippen LogP contribution in [0, 0.1) is 19.8 Å². The Morgan fingerprint density at radius 3 is 2.71 bits per heavy atom. The van der Waals surface area contributed by atoms with E-state index in [-0.39, 0.29) is 5.91 Å². The van der Waals surface area contributed by atoms with Gasteiger partial charge in [-0.1, -0.05) is 0 Å². The predicted octanol–water partition coefficient (Wildman–Crippen LogP) is 1.47. The van der Waals surface area contributed by atoms with Gasteiger partial charge in [-0.2, -0.15) is 5.10 Å². The Morgan fingerprint density at radius 2 is 2.04 bits per heavy atom. The highest BCUT2D eigenvalue weighted by Gasteiger charge is 2.22. The lowest BCUT2D eigenvalue weighted by Crippen LogP contribution is -2.39. The number of nitrogens with zero attached hydrogens (tertiary/aromatic N) is 5. The number of carbonyl (C=O) groups excluding carboxylic acids is 1. The molecule has 1 aliphatic heterocycles. The third-order valence-electron chi connectivity index (χ3n) is 4.48. The number of rotatable bonds is 4. The summed E-state index contributed by atoms with van der Waals surface area (Å²) in [4.78, 5) is 23.4. The lowest BCUT2D eigenvalue weighted by atomic mass is 9.96. The molecule has 0 aliphatic carbocycles. The average Bonchev–Trinajstić information content (AvgIpc) is 3.02. The first-order valence-corrected chi connectivity index (χ1v) is 8.35. The zero-order valence-electron chi connectivity index (χ0n) is 14.5. The van der Waals surface area contributed by atoms with E-state index in [0.717, 1.165) is 43.1 Å². The van der Waals surface area contributed by atoms with Crippen LogP contribution in [0.15, 0.2) is 18.6 Å². The lowest BCUT2D eigenvalue weighted by Gasteiger charge is -2.33. The molecule has 0 aromatic carbocycles. The number of piperidine rings is 1. The van der Waals surface area contributed by atoms with Gasteiger partial charge in [-0.15, -0.1) is 0 Å². The molecule has 0 radical (unpaired) electrons. The molecule has 2 aromatic rings. The number of amides is 1. The van der Waals surface area contributed by atoms with Crippen LogP contribution in [0.4, 0.5) is 5.82 Å². The molecule has 0 spiro atoms. The lowest BCUT2D eigenvalue weighted by molar-refractivity contribution is 0.0945. The van der Waals surface area contributed by atoms with Crippen LogP contribution in [0.5, 0.6) is 0 Å². The summed E-state index contributed by atoms with van der Waals surface area (Å²) in [6.07, 6.45) is 7.22. The molecule has 24 heavy (non-hydrogen) atoms. The normalized spacial score (nSPS) is 15.5. The van der Waals surface area contributed by atoms with Crippen molar-refractivity contribution < 1.29 is 4.79 Å². The van der Waals surface area contributed by atoms with Gasteiger partial charge in [0, 0.05) is 39.1 Å². The number of carbonyl (C=O) groups is 1. The van der Waals surface area contributed by atoms with Gasteiger partial charge < -0.3 is 10.2 Å². The van der Waals surface area contributed by atoms with Gasteiger partial charge in [0.15, 0.2) is 0 Å². The summed E-state index contributed by atoms with van der Waals surface area (Å²) in [6, 6.07) is 0. The van der Waals surface area contributed by atoms with Crippen molar-refractivity contribution in [2.24, 2.45) is 13.0 Å². The predicted molar refractivity (Wildman–Crippen MR) is 92.0 cm³/mol. The second-order valence-electron chi connectivity index (χ2n) is 6.46. The third-order valence-corrected chi connectivity index (χ3v) is 4.48. The zero-order valence-corrected chi connectivity index (χ0v) is 14.5. The Morgan fingerprint density at radius 1 is 1.29 bits per heavy atom. The van der Waals surface area contributed by atoms with E-state index < -0.39 is 0 Å². The van der Waals surface area contributed by atoms with E-state index in [1.807, 2.05) is 20.9 Å². The maximum atomic E-state index is 12.1. The number of hydrogen-bond acceptors (Lipinski definition) is 5. The first-order chi connectivity index (χ1) is 11.5. The second kappa shape index (κ2) is 6.98. The van der Waals surface area contributed by atoms with Crippen LogP contribution in [0.1, 0.15) is 34.6 Å². The molecule has 1 fully saturated rings. The van der Waals surface area contributed by atoms with Crippen LogP contribution in [0.2, 0.25) is 0 Å². The maximum absolute atomic E-state index is 12.1. The summed E-state index contributed by atoms with van der Waals surface area (Å²) < 4.78 is 1.64. The second-order valence-corrected chi connectivity index (χ2v) is 6.46. The standard InChI is InChI=1S/C17H24N6O/c1-12-8-18-13(2)16(21-12)23-6-4-14(5-7-23)9-19-17(24)15-10-20-22(3)11-15/h8,10-11,14H,4-7,9H2,1-3H3,(H,19,24). The molecule has 1 amide bonds. The van der Waals surface area contributed by atoms with Gasteiger partial charge in [0.25, 0.3) is 5.91 Å². The number of hydrogen-bond donors (Lipinski definition) is 1. The molecule has 128 valence electrons. The molecule has 7 heteroatoms. The van der Waals surface area contributed by atoms with Gasteiger partial charge in [0.05, 0.1) is 23.1 Å². The van der Waals surface area contributed by atoms with E-state index in [4.69, 9.17) is 0 Å². The van der Waals surface area contributed by atoms with E-state index >= 15 is 0 Å². The van der Waals surface area contributed by atoms with E-state index in [0.29, 0.717) is 18.0 Å². The molecule has 7 nitrogen and oxygen atoms in total. The highest BCUT2D eigenvalue weighted by atomic mass is 16.1. The Kier molecular flexibility index (Phi) is 4.78. The first kappa shape index (κ1) is 16.4. The third kappa shape index (κ3) is 3.72. The fourth-order valence-electron chi connectivity index (χ4n) is 3.05. The Labute approximate surface area is 142 Å². The fraction of sp³-hybridized carbons (Fsp3) is 0.529. The molecule has 3 rings (SSSR count). The number of aryl methyl sites for hydroxylation is 3. The van der Waals surface area contributed by atoms with Crippen LogP contribution in [0.3, 0.4) is 0 Å². The SMILES string of the molecule is Cc1cnc(C)c(N2CCC(CNC(=O)c3cnn(C)c3)CC2)n1. The summed E-state index contributed by atoms with van der Waals surface area (Å²) in [6.45, 7) is 6.58. The summed E-state index contributed by atoms with van der Waals surface area (Å²) >= 11 is 0. The molecule has 3 heterocycles. The summed E-state index contributed by atoms with van der Waals surface area (Å²) in [5, 5.41) is 7.05. The molecular weight excluding hydrogens is 304 g/mol. The summed E-state index contributed by atoms with van der Waals surface area (Å²) in [5.74, 6) is 1.44. The number of nitrogens with one attached hydrogen (secondary N) is 1. The van der Waals surface area contributed by atoms with Gasteiger partial charge in [-0.05, 0) is 32.6 Å². The molecule has 0 atom stereocenters. The van der Waals surface area contributed by atoms with Crippen LogP contribution >= 0.6 is 0 Å². The van der Waals surface area contributed by atoms with Crippen molar-refractivity contribution in [3.05, 3.63) is 35.5 Å². The van der Waals surface area contributed by atoms with Crippen molar-refractivity contribution in [1.82, 2.24) is 25.1 Å². The molecular formula is C17H24N6O. The molecule has 0 unspecified atom stereocenters. The minimum absolute atomic E-state index is 0.0501. The van der Waals surface area contributed by atoms with Crippen molar-refractivity contribution in [3.63, 3.8) is 0 Å². The van der Waals surface area contributed by atoms with E-state index in [9.17, 15) is 4.79 Å². The van der Waals surface area contributed by atoms with E-state index in [1.54, 1.807) is 23.3 Å². The van der Waals surface area contributed by atoms with Gasteiger partial charge in [-0.25, -0.2) is 4.98 Å². The Balaban J connectivity index is 1.50. The van der Waals surface area contributed by atoms with Crippen molar-refractivity contribution in [3.8, 4) is 0 Å². The first-order valence-electron chi connectivity index (χ1n) is 8.35. The Hall–Kier alpha value is -2.44. The molecule has 1 N–H and O–H groups in total. The van der Waals surface area contributed by atoms with Crippen LogP contribution in [-0.4, -0.2) is 45.3 Å². The zero-order chi connectivity index (χ0) is 17.1. The highest BCUT2D eigenvalue weighted by Crippen LogP contribution is 2.23. The monoisotopic (exact) mass is 328 g/mol. The summed E-state index contributed by atoms with van der Waals surface area (Å²) in [7, 11) is 1.81. The highest BCUT2D eigenvalue weighted by molar-refractivity contribution is 5.93. The maximum Gasteiger partial charge on any atom is 0.254 e. The van der Waals surface area contributed by atoms with Gasteiger partial charge in [-0.3, -0.25) is 14.5 Å².